The Kier molecular flexibility index (Phi) is 7.14. The Morgan fingerprint density at radius 1 is 1.09 bits per heavy atom. The number of nitrogens with zero attached hydrogens (tertiary/aromatic N) is 2. The molecule has 3 aromatic rings. The van der Waals surface area contributed by atoms with Crippen LogP contribution in [0.25, 0.3) is 0 Å². The molecule has 0 radical (unpaired) electrons. The van der Waals surface area contributed by atoms with E-state index in [9.17, 15) is 19.2 Å². The number of nitrogen functional groups attached to an aromatic ring is 1. The lowest BCUT2D eigenvalue weighted by molar-refractivity contribution is -0.121. The van der Waals surface area contributed by atoms with Crippen LogP contribution in [0.4, 0.5) is 17.2 Å². The molecule has 0 bridgehead atoms. The van der Waals surface area contributed by atoms with Crippen molar-refractivity contribution in [2.24, 2.45) is 5.92 Å². The van der Waals surface area contributed by atoms with Crippen molar-refractivity contribution in [2.45, 2.75) is 39.2 Å². The quantitative estimate of drug-likeness (QED) is 0.461. The molecule has 9 nitrogen and oxygen atoms in total. The first kappa shape index (κ1) is 24.0. The largest absolute Gasteiger partial charge is 0.383 e. The summed E-state index contributed by atoms with van der Waals surface area (Å²) < 4.78 is 1.26. The van der Waals surface area contributed by atoms with Crippen LogP contribution in [-0.4, -0.2) is 27.9 Å². The fourth-order valence-electron chi connectivity index (χ4n) is 4.43. The second-order valence-electron chi connectivity index (χ2n) is 8.70. The minimum atomic E-state index is -0.706. The molecule has 2 aromatic carbocycles. The van der Waals surface area contributed by atoms with Gasteiger partial charge < -0.3 is 16.0 Å². The molecule has 9 heteroatoms. The van der Waals surface area contributed by atoms with Crippen molar-refractivity contribution in [3.05, 3.63) is 86.6 Å². The summed E-state index contributed by atoms with van der Waals surface area (Å²) in [6.07, 6.45) is 1.53. The minimum Gasteiger partial charge on any atom is -0.383 e. The highest BCUT2D eigenvalue weighted by Gasteiger charge is 2.29. The third-order valence-electron chi connectivity index (χ3n) is 6.23. The SMILES string of the molecule is CCCN(C(=O)CCC1Cc2ccccc2NC1=O)c1c(N)n(Cc2ccccc2)c(=O)[nH]c1=O. The number of hydrogen-bond donors (Lipinski definition) is 3. The molecule has 1 atom stereocenters. The van der Waals surface area contributed by atoms with Crippen LogP contribution >= 0.6 is 0 Å². The van der Waals surface area contributed by atoms with Crippen molar-refractivity contribution in [3.8, 4) is 0 Å². The molecule has 1 aliphatic rings. The van der Waals surface area contributed by atoms with Crippen molar-refractivity contribution in [3.63, 3.8) is 0 Å². The van der Waals surface area contributed by atoms with Gasteiger partial charge in [0.25, 0.3) is 5.56 Å². The van der Waals surface area contributed by atoms with Gasteiger partial charge in [0.1, 0.15) is 5.82 Å². The Bertz CT molecular complexity index is 1350. The highest BCUT2D eigenvalue weighted by molar-refractivity contribution is 5.98. The number of carbonyl (C=O) groups excluding carboxylic acids is 2. The van der Waals surface area contributed by atoms with E-state index >= 15 is 0 Å². The van der Waals surface area contributed by atoms with Gasteiger partial charge in [0.05, 0.1) is 6.54 Å². The fraction of sp³-hybridized carbons (Fsp3) is 0.308. The zero-order valence-electron chi connectivity index (χ0n) is 19.6. The van der Waals surface area contributed by atoms with Crippen LogP contribution in [-0.2, 0) is 22.6 Å². The predicted molar refractivity (Wildman–Crippen MR) is 135 cm³/mol. The standard InChI is InChI=1S/C26H29N5O4/c1-2-14-30(21(32)13-12-19-15-18-10-6-7-11-20(18)28-24(19)33)22-23(27)31(26(35)29-25(22)34)16-17-8-4-3-5-9-17/h3-11,19H,2,12-16,27H2,1H3,(H,28,33)(H,29,34,35). The molecule has 35 heavy (non-hydrogen) atoms. The summed E-state index contributed by atoms with van der Waals surface area (Å²) in [5.74, 6) is -0.846. The van der Waals surface area contributed by atoms with Gasteiger partial charge in [-0.2, -0.15) is 0 Å². The first-order chi connectivity index (χ1) is 16.9. The molecule has 2 heterocycles. The van der Waals surface area contributed by atoms with Crippen molar-refractivity contribution in [2.75, 3.05) is 22.5 Å². The average Bonchev–Trinajstić information content (AvgIpc) is 2.85. The van der Waals surface area contributed by atoms with E-state index in [4.69, 9.17) is 5.73 Å². The molecule has 0 saturated heterocycles. The van der Waals surface area contributed by atoms with E-state index in [0.29, 0.717) is 19.3 Å². The summed E-state index contributed by atoms with van der Waals surface area (Å²) in [7, 11) is 0. The van der Waals surface area contributed by atoms with Crippen LogP contribution in [0.1, 0.15) is 37.3 Å². The smallest absolute Gasteiger partial charge is 0.330 e. The number of amides is 2. The van der Waals surface area contributed by atoms with Crippen LogP contribution < -0.4 is 27.2 Å². The molecular weight excluding hydrogens is 446 g/mol. The van der Waals surface area contributed by atoms with E-state index in [2.05, 4.69) is 10.3 Å². The van der Waals surface area contributed by atoms with Gasteiger partial charge in [0, 0.05) is 24.6 Å². The molecule has 1 unspecified atom stereocenters. The van der Waals surface area contributed by atoms with Crippen molar-refractivity contribution >= 4 is 29.0 Å². The van der Waals surface area contributed by atoms with Gasteiger partial charge in [-0.15, -0.1) is 0 Å². The number of benzene rings is 2. The first-order valence-corrected chi connectivity index (χ1v) is 11.7. The Labute approximate surface area is 202 Å². The number of aromatic amines is 1. The zero-order chi connectivity index (χ0) is 24.9. The highest BCUT2D eigenvalue weighted by atomic mass is 16.2. The third-order valence-corrected chi connectivity index (χ3v) is 6.23. The average molecular weight is 476 g/mol. The van der Waals surface area contributed by atoms with Gasteiger partial charge in [-0.05, 0) is 36.5 Å². The molecule has 1 aliphatic heterocycles. The van der Waals surface area contributed by atoms with Crippen molar-refractivity contribution in [1.29, 1.82) is 0 Å². The molecule has 182 valence electrons. The monoisotopic (exact) mass is 475 g/mol. The topological polar surface area (TPSA) is 130 Å². The third kappa shape index (κ3) is 5.18. The molecule has 0 spiro atoms. The number of carbonyl (C=O) groups is 2. The number of fused-ring (bicyclic) bond motifs is 1. The van der Waals surface area contributed by atoms with Gasteiger partial charge >= 0.3 is 5.69 Å². The first-order valence-electron chi connectivity index (χ1n) is 11.7. The Morgan fingerprint density at radius 2 is 1.80 bits per heavy atom. The van der Waals surface area contributed by atoms with Gasteiger partial charge in [-0.25, -0.2) is 4.79 Å². The lowest BCUT2D eigenvalue weighted by Crippen LogP contribution is -2.42. The molecule has 4 N–H and O–H groups in total. The van der Waals surface area contributed by atoms with E-state index in [1.807, 2.05) is 61.5 Å². The minimum absolute atomic E-state index is 0.0363. The van der Waals surface area contributed by atoms with E-state index in [0.717, 1.165) is 16.8 Å². The van der Waals surface area contributed by atoms with Crippen LogP contribution in [0.5, 0.6) is 0 Å². The second-order valence-corrected chi connectivity index (χ2v) is 8.70. The van der Waals surface area contributed by atoms with E-state index in [1.165, 1.54) is 9.47 Å². The Morgan fingerprint density at radius 3 is 2.54 bits per heavy atom. The van der Waals surface area contributed by atoms with Crippen LogP contribution in [0.2, 0.25) is 0 Å². The van der Waals surface area contributed by atoms with Crippen molar-refractivity contribution < 1.29 is 9.59 Å². The van der Waals surface area contributed by atoms with E-state index < -0.39 is 11.2 Å². The van der Waals surface area contributed by atoms with Gasteiger partial charge in [-0.1, -0.05) is 55.5 Å². The summed E-state index contributed by atoms with van der Waals surface area (Å²) >= 11 is 0. The highest BCUT2D eigenvalue weighted by Crippen LogP contribution is 2.28. The molecular formula is C26H29N5O4. The normalized spacial score (nSPS) is 14.8. The van der Waals surface area contributed by atoms with Gasteiger partial charge in [0.15, 0.2) is 5.69 Å². The number of H-pyrrole nitrogens is 1. The summed E-state index contributed by atoms with van der Waals surface area (Å²) in [5, 5.41) is 2.90. The number of aromatic nitrogens is 2. The van der Waals surface area contributed by atoms with E-state index in [1.54, 1.807) is 0 Å². The number of rotatable bonds is 8. The molecule has 0 fully saturated rings. The maximum Gasteiger partial charge on any atom is 0.330 e. The lowest BCUT2D eigenvalue weighted by atomic mass is 9.89. The second kappa shape index (κ2) is 10.4. The number of para-hydroxylation sites is 1. The van der Waals surface area contributed by atoms with Crippen molar-refractivity contribution in [1.82, 2.24) is 9.55 Å². The zero-order valence-corrected chi connectivity index (χ0v) is 19.6. The Hall–Kier alpha value is -4.14. The molecule has 0 saturated carbocycles. The number of hydrogen-bond acceptors (Lipinski definition) is 5. The maximum absolute atomic E-state index is 13.3. The van der Waals surface area contributed by atoms with Gasteiger partial charge in [-0.3, -0.25) is 23.9 Å². The van der Waals surface area contributed by atoms with Crippen LogP contribution in [0.3, 0.4) is 0 Å². The Balaban J connectivity index is 1.57. The summed E-state index contributed by atoms with van der Waals surface area (Å²) in [4.78, 5) is 54.8. The van der Waals surface area contributed by atoms with E-state index in [-0.39, 0.29) is 48.7 Å². The molecule has 4 rings (SSSR count). The maximum atomic E-state index is 13.3. The number of anilines is 3. The lowest BCUT2D eigenvalue weighted by Gasteiger charge is -2.27. The number of nitrogens with two attached hydrogens (primary N) is 1. The summed E-state index contributed by atoms with van der Waals surface area (Å²) in [6, 6.07) is 16.8. The summed E-state index contributed by atoms with van der Waals surface area (Å²) in [5.41, 5.74) is 7.58. The molecule has 1 aromatic heterocycles. The fourth-order valence-corrected chi connectivity index (χ4v) is 4.43. The summed E-state index contributed by atoms with van der Waals surface area (Å²) in [6.45, 7) is 2.30. The van der Waals surface area contributed by atoms with Gasteiger partial charge in [0.2, 0.25) is 11.8 Å². The molecule has 0 aliphatic carbocycles. The van der Waals surface area contributed by atoms with Crippen LogP contribution in [0.15, 0.2) is 64.2 Å². The van der Waals surface area contributed by atoms with Crippen LogP contribution in [0, 0.1) is 5.92 Å². The predicted octanol–water partition coefficient (Wildman–Crippen LogP) is 2.50. The molecule has 2 amide bonds. The number of nitrogens with one attached hydrogen (secondary N) is 2.